The van der Waals surface area contributed by atoms with E-state index in [9.17, 15) is 14.5 Å². The molecule has 0 heterocycles. The Kier molecular flexibility index (Phi) is 5.64. The molecule has 0 aliphatic heterocycles. The highest BCUT2D eigenvalue weighted by molar-refractivity contribution is 6.12. The third-order valence-electron chi connectivity index (χ3n) is 2.58. The number of benzene rings is 1. The minimum absolute atomic E-state index is 0.0910. The van der Waals surface area contributed by atoms with Crippen LogP contribution in [-0.4, -0.2) is 18.1 Å². The van der Waals surface area contributed by atoms with Crippen LogP contribution in [-0.2, 0) is 0 Å². The van der Waals surface area contributed by atoms with Gasteiger partial charge in [0, 0.05) is 17.5 Å². The average molecular weight is 245 g/mol. The van der Waals surface area contributed by atoms with E-state index in [1.807, 2.05) is 0 Å². The van der Waals surface area contributed by atoms with E-state index in [0.717, 1.165) is 0 Å². The van der Waals surface area contributed by atoms with Crippen molar-refractivity contribution >= 4 is 11.6 Å². The zero-order chi connectivity index (χ0) is 13.4. The number of carbonyl (C=O) groups is 2. The Labute approximate surface area is 106 Å². The first-order chi connectivity index (χ1) is 8.70. The standard InChI is InChI=1S/C14H15NO3/c1-2-13(16)11-7-3-4-8-12(11)14(17)9-5-6-10-15-18/h2-4,7-8H,1,5-6,9-10H2. The predicted octanol–water partition coefficient (Wildman–Crippen LogP) is 3.17. The average Bonchev–Trinajstić information content (AvgIpc) is 2.42. The van der Waals surface area contributed by atoms with E-state index in [1.54, 1.807) is 24.3 Å². The van der Waals surface area contributed by atoms with Crippen molar-refractivity contribution in [1.29, 1.82) is 0 Å². The van der Waals surface area contributed by atoms with Crippen molar-refractivity contribution in [2.45, 2.75) is 19.3 Å². The van der Waals surface area contributed by atoms with Gasteiger partial charge < -0.3 is 0 Å². The first kappa shape index (κ1) is 14.0. The predicted molar refractivity (Wildman–Crippen MR) is 69.8 cm³/mol. The topological polar surface area (TPSA) is 63.6 Å². The highest BCUT2D eigenvalue weighted by Crippen LogP contribution is 2.14. The Morgan fingerprint density at radius 1 is 1.17 bits per heavy atom. The van der Waals surface area contributed by atoms with Gasteiger partial charge in [0.25, 0.3) is 0 Å². The lowest BCUT2D eigenvalue weighted by Gasteiger charge is -2.05. The summed E-state index contributed by atoms with van der Waals surface area (Å²) >= 11 is 0. The number of unbranched alkanes of at least 4 members (excludes halogenated alkanes) is 1. The van der Waals surface area contributed by atoms with Gasteiger partial charge in [0.2, 0.25) is 0 Å². The Bertz CT molecular complexity index is 466. The second-order valence-corrected chi connectivity index (χ2v) is 3.85. The Morgan fingerprint density at radius 3 is 2.44 bits per heavy atom. The molecule has 18 heavy (non-hydrogen) atoms. The molecule has 4 nitrogen and oxygen atoms in total. The molecular weight excluding hydrogens is 230 g/mol. The van der Waals surface area contributed by atoms with Gasteiger partial charge in [-0.2, -0.15) is 4.91 Å². The second kappa shape index (κ2) is 7.27. The Hall–Kier alpha value is -2.10. The molecule has 1 aromatic carbocycles. The molecule has 94 valence electrons. The molecule has 0 bridgehead atoms. The molecule has 0 amide bonds. The van der Waals surface area contributed by atoms with Crippen molar-refractivity contribution in [3.05, 3.63) is 53.0 Å². The summed E-state index contributed by atoms with van der Waals surface area (Å²) in [5.41, 5.74) is 0.799. The lowest BCUT2D eigenvalue weighted by molar-refractivity contribution is 0.0966. The summed E-state index contributed by atoms with van der Waals surface area (Å²) in [5.74, 6) is -0.347. The fraction of sp³-hybridized carbons (Fsp3) is 0.286. The van der Waals surface area contributed by atoms with Crippen LogP contribution < -0.4 is 0 Å². The van der Waals surface area contributed by atoms with Crippen LogP contribution in [0.4, 0.5) is 0 Å². The summed E-state index contributed by atoms with van der Waals surface area (Å²) in [6.07, 6.45) is 2.70. The summed E-state index contributed by atoms with van der Waals surface area (Å²) in [6.45, 7) is 3.64. The van der Waals surface area contributed by atoms with Gasteiger partial charge >= 0.3 is 0 Å². The number of rotatable bonds is 8. The number of carbonyl (C=O) groups excluding carboxylic acids is 2. The van der Waals surface area contributed by atoms with Gasteiger partial charge in [0.05, 0.1) is 6.54 Å². The van der Waals surface area contributed by atoms with Crippen molar-refractivity contribution in [1.82, 2.24) is 0 Å². The first-order valence-electron chi connectivity index (χ1n) is 5.78. The minimum atomic E-state index is -0.256. The summed E-state index contributed by atoms with van der Waals surface area (Å²) in [6, 6.07) is 6.69. The van der Waals surface area contributed by atoms with Gasteiger partial charge in [0.1, 0.15) is 0 Å². The third kappa shape index (κ3) is 3.73. The first-order valence-corrected chi connectivity index (χ1v) is 5.78. The second-order valence-electron chi connectivity index (χ2n) is 3.85. The number of Topliss-reactive ketones (excluding diaryl/α,β-unsaturated/α-hetero) is 1. The van der Waals surface area contributed by atoms with E-state index in [1.165, 1.54) is 6.08 Å². The highest BCUT2D eigenvalue weighted by atomic mass is 16.3. The fourth-order valence-electron chi connectivity index (χ4n) is 1.65. The summed E-state index contributed by atoms with van der Waals surface area (Å²) in [5, 5.41) is 2.74. The Balaban J connectivity index is 2.76. The third-order valence-corrected chi connectivity index (χ3v) is 2.58. The summed E-state index contributed by atoms with van der Waals surface area (Å²) < 4.78 is 0. The maximum absolute atomic E-state index is 12.0. The lowest BCUT2D eigenvalue weighted by atomic mass is 9.97. The lowest BCUT2D eigenvalue weighted by Crippen LogP contribution is -2.07. The van der Waals surface area contributed by atoms with E-state index < -0.39 is 0 Å². The number of ketones is 2. The van der Waals surface area contributed by atoms with Gasteiger partial charge in [-0.3, -0.25) is 9.59 Å². The van der Waals surface area contributed by atoms with Gasteiger partial charge in [-0.15, -0.1) is 0 Å². The van der Waals surface area contributed by atoms with Crippen molar-refractivity contribution in [3.8, 4) is 0 Å². The van der Waals surface area contributed by atoms with E-state index in [-0.39, 0.29) is 18.1 Å². The molecule has 0 radical (unpaired) electrons. The summed E-state index contributed by atoms with van der Waals surface area (Å²) in [7, 11) is 0. The SMILES string of the molecule is C=CC(=O)c1ccccc1C(=O)CCCCN=O. The molecule has 0 aliphatic carbocycles. The van der Waals surface area contributed by atoms with Crippen LogP contribution in [0.5, 0.6) is 0 Å². The van der Waals surface area contributed by atoms with E-state index >= 15 is 0 Å². The number of nitrogens with zero attached hydrogens (tertiary/aromatic N) is 1. The molecule has 0 aromatic heterocycles. The van der Waals surface area contributed by atoms with Crippen LogP contribution in [0.3, 0.4) is 0 Å². The van der Waals surface area contributed by atoms with Crippen LogP contribution in [0.1, 0.15) is 40.0 Å². The number of hydrogen-bond donors (Lipinski definition) is 0. The number of allylic oxidation sites excluding steroid dienone is 1. The van der Waals surface area contributed by atoms with Crippen LogP contribution >= 0.6 is 0 Å². The molecule has 0 aliphatic rings. The largest absolute Gasteiger partial charge is 0.294 e. The van der Waals surface area contributed by atoms with Gasteiger partial charge in [-0.25, -0.2) is 0 Å². The summed E-state index contributed by atoms with van der Waals surface area (Å²) in [4.78, 5) is 33.5. The number of hydrogen-bond acceptors (Lipinski definition) is 4. The molecule has 0 saturated heterocycles. The minimum Gasteiger partial charge on any atom is -0.294 e. The molecule has 0 N–H and O–H groups in total. The maximum Gasteiger partial charge on any atom is 0.185 e. The fourth-order valence-corrected chi connectivity index (χ4v) is 1.65. The van der Waals surface area contributed by atoms with Crippen LogP contribution in [0, 0.1) is 4.91 Å². The Morgan fingerprint density at radius 2 is 1.83 bits per heavy atom. The van der Waals surface area contributed by atoms with Crippen molar-refractivity contribution in [2.24, 2.45) is 5.18 Å². The zero-order valence-electron chi connectivity index (χ0n) is 10.1. The van der Waals surface area contributed by atoms with Crippen molar-refractivity contribution in [2.75, 3.05) is 6.54 Å². The normalized spacial score (nSPS) is 9.78. The van der Waals surface area contributed by atoms with Crippen LogP contribution in [0.25, 0.3) is 0 Å². The molecule has 1 rings (SSSR count). The van der Waals surface area contributed by atoms with Gasteiger partial charge in [-0.05, 0) is 18.9 Å². The molecule has 0 atom stereocenters. The molecule has 0 unspecified atom stereocenters. The van der Waals surface area contributed by atoms with Crippen molar-refractivity contribution < 1.29 is 9.59 Å². The van der Waals surface area contributed by atoms with E-state index in [4.69, 9.17) is 0 Å². The quantitative estimate of drug-likeness (QED) is 0.306. The monoisotopic (exact) mass is 245 g/mol. The van der Waals surface area contributed by atoms with E-state index in [2.05, 4.69) is 11.8 Å². The molecular formula is C14H15NO3. The van der Waals surface area contributed by atoms with E-state index in [0.29, 0.717) is 30.4 Å². The van der Waals surface area contributed by atoms with Crippen LogP contribution in [0.15, 0.2) is 42.1 Å². The molecule has 4 heteroatoms. The van der Waals surface area contributed by atoms with Crippen LogP contribution in [0.2, 0.25) is 0 Å². The zero-order valence-corrected chi connectivity index (χ0v) is 10.1. The molecule has 1 aromatic rings. The smallest absolute Gasteiger partial charge is 0.185 e. The maximum atomic E-state index is 12.0. The molecule has 0 fully saturated rings. The highest BCUT2D eigenvalue weighted by Gasteiger charge is 2.13. The van der Waals surface area contributed by atoms with Crippen molar-refractivity contribution in [3.63, 3.8) is 0 Å². The number of nitroso groups, excluding NO2 is 1. The van der Waals surface area contributed by atoms with Gasteiger partial charge in [-0.1, -0.05) is 36.0 Å². The van der Waals surface area contributed by atoms with Gasteiger partial charge in [0.15, 0.2) is 11.6 Å². The molecule has 0 saturated carbocycles. The molecule has 0 spiro atoms.